The zero-order chi connectivity index (χ0) is 15.6. The number of hydrogen-bond donors (Lipinski definition) is 1. The number of benzene rings is 1. The second-order valence-corrected chi connectivity index (χ2v) is 8.69. The highest BCUT2D eigenvalue weighted by atomic mass is 16.3. The molecule has 1 N–H and O–H groups in total. The van der Waals surface area contributed by atoms with Crippen LogP contribution in [0.25, 0.3) is 0 Å². The Morgan fingerprint density at radius 1 is 1.17 bits per heavy atom. The second kappa shape index (κ2) is 4.99. The van der Waals surface area contributed by atoms with E-state index in [0.717, 1.165) is 23.9 Å². The van der Waals surface area contributed by atoms with Crippen molar-refractivity contribution >= 4 is 0 Å². The fourth-order valence-corrected chi connectivity index (χ4v) is 6.38. The van der Waals surface area contributed by atoms with Gasteiger partial charge in [-0.2, -0.15) is 0 Å². The summed E-state index contributed by atoms with van der Waals surface area (Å²) in [5.74, 6) is 2.25. The summed E-state index contributed by atoms with van der Waals surface area (Å²) in [6.07, 6.45) is 10.9. The van der Waals surface area contributed by atoms with Crippen LogP contribution in [0.5, 0.6) is 5.75 Å². The van der Waals surface area contributed by atoms with Crippen LogP contribution in [0, 0.1) is 11.8 Å². The zero-order valence-electron chi connectivity index (χ0n) is 14.3. The van der Waals surface area contributed by atoms with Gasteiger partial charge in [-0.1, -0.05) is 18.9 Å². The Bertz CT molecular complexity index is 622. The summed E-state index contributed by atoms with van der Waals surface area (Å²) in [6.45, 7) is 3.76. The van der Waals surface area contributed by atoms with Gasteiger partial charge in [0.15, 0.2) is 0 Å². The van der Waals surface area contributed by atoms with Gasteiger partial charge in [0.2, 0.25) is 0 Å². The molecule has 4 aliphatic rings. The number of aromatic hydroxyl groups is 1. The van der Waals surface area contributed by atoms with Crippen molar-refractivity contribution < 1.29 is 5.11 Å². The molecular formula is C21H29NO. The van der Waals surface area contributed by atoms with E-state index >= 15 is 0 Å². The molecule has 1 aromatic rings. The molecule has 4 atom stereocenters. The number of rotatable bonds is 2. The van der Waals surface area contributed by atoms with Crippen molar-refractivity contribution in [1.29, 1.82) is 0 Å². The van der Waals surface area contributed by atoms with Crippen LogP contribution >= 0.6 is 0 Å². The number of hydrogen-bond acceptors (Lipinski definition) is 2. The maximum atomic E-state index is 10.1. The van der Waals surface area contributed by atoms with Gasteiger partial charge >= 0.3 is 0 Å². The normalized spacial score (nSPS) is 37.8. The van der Waals surface area contributed by atoms with Crippen molar-refractivity contribution in [2.45, 2.75) is 75.8 Å². The highest BCUT2D eigenvalue weighted by molar-refractivity contribution is 5.45. The summed E-state index contributed by atoms with van der Waals surface area (Å²) in [6, 6.07) is 7.76. The average Bonchev–Trinajstić information content (AvgIpc) is 3.40. The highest BCUT2D eigenvalue weighted by Crippen LogP contribution is 2.57. The van der Waals surface area contributed by atoms with Crippen molar-refractivity contribution in [2.75, 3.05) is 6.54 Å². The third-order valence-corrected chi connectivity index (χ3v) is 7.69. The van der Waals surface area contributed by atoms with E-state index in [1.54, 1.807) is 0 Å². The van der Waals surface area contributed by atoms with E-state index in [2.05, 4.69) is 24.0 Å². The lowest BCUT2D eigenvalue weighted by atomic mass is 9.52. The van der Waals surface area contributed by atoms with Crippen LogP contribution in [0.4, 0.5) is 0 Å². The molecule has 1 heterocycles. The first-order valence-electron chi connectivity index (χ1n) is 9.77. The molecule has 1 aromatic carbocycles. The summed E-state index contributed by atoms with van der Waals surface area (Å²) in [5, 5.41) is 10.1. The molecule has 1 saturated heterocycles. The van der Waals surface area contributed by atoms with Gasteiger partial charge in [-0.25, -0.2) is 0 Å². The van der Waals surface area contributed by atoms with Gasteiger partial charge < -0.3 is 5.11 Å². The number of phenols is 1. The fraction of sp³-hybridized carbons (Fsp3) is 0.714. The third-order valence-electron chi connectivity index (χ3n) is 7.69. The van der Waals surface area contributed by atoms with E-state index in [4.69, 9.17) is 0 Å². The number of piperidine rings is 1. The quantitative estimate of drug-likeness (QED) is 0.882. The summed E-state index contributed by atoms with van der Waals surface area (Å²) in [7, 11) is 0. The molecule has 0 aromatic heterocycles. The Kier molecular flexibility index (Phi) is 3.11. The van der Waals surface area contributed by atoms with Crippen LogP contribution in [-0.2, 0) is 11.8 Å². The van der Waals surface area contributed by atoms with Gasteiger partial charge in [0, 0.05) is 17.5 Å². The first-order chi connectivity index (χ1) is 11.2. The summed E-state index contributed by atoms with van der Waals surface area (Å²) in [4.78, 5) is 2.89. The molecule has 23 heavy (non-hydrogen) atoms. The molecule has 0 amide bonds. The Balaban J connectivity index is 1.59. The standard InChI is InChI=1S/C21H29NO/c1-14(15-5-6-15)22-11-10-21-9-3-2-4-18(21)20(22)12-16-7-8-17(23)13-19(16)21/h7-8,13-15,18,20,23H,2-6,9-12H2,1H3/t14?,18?,20-,21-/m1/s1. The molecule has 1 aliphatic heterocycles. The molecule has 5 rings (SSSR count). The number of likely N-dealkylation sites (tertiary alicyclic amines) is 1. The molecule has 0 radical (unpaired) electrons. The van der Waals surface area contributed by atoms with Crippen molar-refractivity contribution in [3.63, 3.8) is 0 Å². The first kappa shape index (κ1) is 14.3. The van der Waals surface area contributed by atoms with Crippen LogP contribution in [0.3, 0.4) is 0 Å². The van der Waals surface area contributed by atoms with Crippen LogP contribution in [0.1, 0.15) is 63.0 Å². The Morgan fingerprint density at radius 2 is 2.04 bits per heavy atom. The Hall–Kier alpha value is -1.02. The van der Waals surface area contributed by atoms with Crippen molar-refractivity contribution in [2.24, 2.45) is 11.8 Å². The number of phenolic OH excluding ortho intramolecular Hbond substituents is 1. The van der Waals surface area contributed by atoms with E-state index in [9.17, 15) is 5.11 Å². The monoisotopic (exact) mass is 311 g/mol. The van der Waals surface area contributed by atoms with Gasteiger partial charge in [-0.15, -0.1) is 0 Å². The average molecular weight is 311 g/mol. The third kappa shape index (κ3) is 2.03. The molecular weight excluding hydrogens is 282 g/mol. The lowest BCUT2D eigenvalue weighted by Crippen LogP contribution is -2.62. The minimum Gasteiger partial charge on any atom is -0.508 e. The number of nitrogens with zero attached hydrogens (tertiary/aromatic N) is 1. The predicted molar refractivity (Wildman–Crippen MR) is 92.7 cm³/mol. The minimum absolute atomic E-state index is 0.370. The zero-order valence-corrected chi connectivity index (χ0v) is 14.3. The molecule has 2 nitrogen and oxygen atoms in total. The van der Waals surface area contributed by atoms with Crippen LogP contribution in [-0.4, -0.2) is 28.6 Å². The molecule has 2 unspecified atom stereocenters. The van der Waals surface area contributed by atoms with Crippen LogP contribution in [0.15, 0.2) is 18.2 Å². The topological polar surface area (TPSA) is 23.5 Å². The van der Waals surface area contributed by atoms with E-state index in [1.165, 1.54) is 69.0 Å². The molecule has 0 spiro atoms. The van der Waals surface area contributed by atoms with Gasteiger partial charge in [-0.3, -0.25) is 4.90 Å². The maximum Gasteiger partial charge on any atom is 0.115 e. The SMILES string of the molecule is CC(C1CC1)N1CC[C@]23CCCCC2[C@H]1Cc1ccc(O)cc13. The van der Waals surface area contributed by atoms with Crippen LogP contribution in [0.2, 0.25) is 0 Å². The van der Waals surface area contributed by atoms with Crippen molar-refractivity contribution in [3.05, 3.63) is 29.3 Å². The van der Waals surface area contributed by atoms with E-state index in [0.29, 0.717) is 11.2 Å². The maximum absolute atomic E-state index is 10.1. The second-order valence-electron chi connectivity index (χ2n) is 8.69. The predicted octanol–water partition coefficient (Wildman–Crippen LogP) is 4.25. The lowest BCUT2D eigenvalue weighted by Gasteiger charge is -2.60. The summed E-state index contributed by atoms with van der Waals surface area (Å²) < 4.78 is 0. The summed E-state index contributed by atoms with van der Waals surface area (Å²) in [5.41, 5.74) is 3.41. The molecule has 3 fully saturated rings. The Morgan fingerprint density at radius 3 is 2.87 bits per heavy atom. The molecule has 2 saturated carbocycles. The molecule has 2 heteroatoms. The summed E-state index contributed by atoms with van der Waals surface area (Å²) >= 11 is 0. The van der Waals surface area contributed by atoms with Gasteiger partial charge in [-0.05, 0) is 87.1 Å². The van der Waals surface area contributed by atoms with Gasteiger partial charge in [0.1, 0.15) is 5.75 Å². The van der Waals surface area contributed by atoms with Gasteiger partial charge in [0.25, 0.3) is 0 Å². The van der Waals surface area contributed by atoms with E-state index in [-0.39, 0.29) is 0 Å². The largest absolute Gasteiger partial charge is 0.508 e. The number of fused-ring (bicyclic) bond motifs is 1. The molecule has 124 valence electrons. The lowest BCUT2D eigenvalue weighted by molar-refractivity contribution is -0.0343. The smallest absolute Gasteiger partial charge is 0.115 e. The minimum atomic E-state index is 0.370. The van der Waals surface area contributed by atoms with E-state index in [1.807, 2.05) is 6.07 Å². The molecule has 2 bridgehead atoms. The molecule has 3 aliphatic carbocycles. The highest BCUT2D eigenvalue weighted by Gasteiger charge is 2.55. The van der Waals surface area contributed by atoms with Crippen molar-refractivity contribution in [3.8, 4) is 5.75 Å². The Labute approximate surface area is 139 Å². The van der Waals surface area contributed by atoms with Gasteiger partial charge in [0.05, 0.1) is 0 Å². The van der Waals surface area contributed by atoms with Crippen LogP contribution < -0.4 is 0 Å². The van der Waals surface area contributed by atoms with Crippen molar-refractivity contribution in [1.82, 2.24) is 4.90 Å². The fourth-order valence-electron chi connectivity index (χ4n) is 6.38. The first-order valence-corrected chi connectivity index (χ1v) is 9.77. The van der Waals surface area contributed by atoms with E-state index < -0.39 is 0 Å².